The van der Waals surface area contributed by atoms with Crippen LogP contribution >= 0.6 is 0 Å². The van der Waals surface area contributed by atoms with E-state index in [0.29, 0.717) is 37.9 Å². The van der Waals surface area contributed by atoms with Crippen LogP contribution in [0.15, 0.2) is 30.3 Å². The van der Waals surface area contributed by atoms with E-state index in [9.17, 15) is 14.4 Å². The van der Waals surface area contributed by atoms with Gasteiger partial charge in [0.15, 0.2) is 11.2 Å². The van der Waals surface area contributed by atoms with E-state index in [-0.39, 0.29) is 30.2 Å². The lowest BCUT2D eigenvalue weighted by Gasteiger charge is -2.46. The number of esters is 1. The van der Waals surface area contributed by atoms with Crippen molar-refractivity contribution in [3.63, 3.8) is 0 Å². The van der Waals surface area contributed by atoms with Crippen LogP contribution in [0.1, 0.15) is 51.5 Å². The Kier molecular flexibility index (Phi) is 6.20. The number of likely N-dealkylation sites (tertiary alicyclic amines) is 1. The minimum absolute atomic E-state index is 0.0827. The number of hydrogen-bond acceptors (Lipinski definition) is 5. The molecule has 3 fully saturated rings. The van der Waals surface area contributed by atoms with Gasteiger partial charge < -0.3 is 9.64 Å². The van der Waals surface area contributed by atoms with Gasteiger partial charge in [0.2, 0.25) is 5.91 Å². The number of nitrogens with zero attached hydrogens (tertiary/aromatic N) is 2. The van der Waals surface area contributed by atoms with Gasteiger partial charge in [-0.3, -0.25) is 19.3 Å². The van der Waals surface area contributed by atoms with Crippen molar-refractivity contribution in [1.29, 1.82) is 0 Å². The Morgan fingerprint density at radius 3 is 2.42 bits per heavy atom. The molecule has 3 aliphatic rings. The molecule has 6 heteroatoms. The van der Waals surface area contributed by atoms with Crippen molar-refractivity contribution in [3.8, 4) is 0 Å². The standard InChI is InChI=1S/C25H34N2O4/c1-17-11-18(2)15-26(14-17)23(29)13-25(24(30)31-3)21-10-9-20(12-22(25)28)27(21)16-19-7-5-4-6-8-19/h4-8,17-18,20-21H,9-16H2,1-3H3/t17-,18+,20-,21-,25-/m1/s1. The minimum Gasteiger partial charge on any atom is -0.468 e. The molecule has 0 aromatic heterocycles. The lowest BCUT2D eigenvalue weighted by Crippen LogP contribution is -2.61. The molecular formula is C25H34N2O4. The van der Waals surface area contributed by atoms with E-state index < -0.39 is 11.4 Å². The lowest BCUT2D eigenvalue weighted by atomic mass is 9.69. The number of methoxy groups -OCH3 is 1. The van der Waals surface area contributed by atoms with E-state index in [4.69, 9.17) is 4.74 Å². The highest BCUT2D eigenvalue weighted by atomic mass is 16.5. The molecule has 1 amide bonds. The van der Waals surface area contributed by atoms with Gasteiger partial charge in [0.25, 0.3) is 0 Å². The zero-order valence-corrected chi connectivity index (χ0v) is 18.9. The molecule has 0 N–H and O–H groups in total. The van der Waals surface area contributed by atoms with Crippen LogP contribution in [0.2, 0.25) is 0 Å². The Morgan fingerprint density at radius 1 is 1.10 bits per heavy atom. The molecule has 5 atom stereocenters. The second kappa shape index (κ2) is 8.73. The first-order chi connectivity index (χ1) is 14.8. The van der Waals surface area contributed by atoms with E-state index in [1.807, 2.05) is 23.1 Å². The molecular weight excluding hydrogens is 392 g/mol. The van der Waals surface area contributed by atoms with Gasteiger partial charge in [-0.05, 0) is 36.7 Å². The van der Waals surface area contributed by atoms with Gasteiger partial charge in [-0.1, -0.05) is 44.2 Å². The summed E-state index contributed by atoms with van der Waals surface area (Å²) in [5.41, 5.74) is -0.255. The fourth-order valence-corrected chi connectivity index (χ4v) is 6.24. The maximum absolute atomic E-state index is 13.4. The number of ketones is 1. The average molecular weight is 427 g/mol. The smallest absolute Gasteiger partial charge is 0.321 e. The monoisotopic (exact) mass is 426 g/mol. The number of carbonyl (C=O) groups is 3. The van der Waals surface area contributed by atoms with Gasteiger partial charge >= 0.3 is 5.97 Å². The Labute approximate surface area is 184 Å². The fourth-order valence-electron chi connectivity index (χ4n) is 6.24. The maximum Gasteiger partial charge on any atom is 0.321 e. The Morgan fingerprint density at radius 2 is 1.77 bits per heavy atom. The highest BCUT2D eigenvalue weighted by Gasteiger charge is 2.62. The number of rotatable bonds is 5. The summed E-state index contributed by atoms with van der Waals surface area (Å²) in [6.45, 7) is 6.36. The number of Topliss-reactive ketones (excluding diaryl/α,β-unsaturated/α-hetero) is 1. The number of carbonyl (C=O) groups excluding carboxylic acids is 3. The molecule has 1 aromatic rings. The average Bonchev–Trinajstić information content (AvgIpc) is 3.06. The first-order valence-corrected chi connectivity index (χ1v) is 11.5. The topological polar surface area (TPSA) is 66.9 Å². The van der Waals surface area contributed by atoms with Crippen molar-refractivity contribution in [3.05, 3.63) is 35.9 Å². The van der Waals surface area contributed by atoms with Crippen molar-refractivity contribution < 1.29 is 19.1 Å². The summed E-state index contributed by atoms with van der Waals surface area (Å²) in [4.78, 5) is 44.2. The highest BCUT2D eigenvalue weighted by molar-refractivity contribution is 6.08. The second-order valence-corrected chi connectivity index (χ2v) is 9.92. The van der Waals surface area contributed by atoms with Gasteiger partial charge in [0.05, 0.1) is 13.5 Å². The second-order valence-electron chi connectivity index (χ2n) is 9.92. The number of piperidine rings is 2. The highest BCUT2D eigenvalue weighted by Crippen LogP contribution is 2.48. The van der Waals surface area contributed by atoms with Crippen molar-refractivity contribution >= 4 is 17.7 Å². The summed E-state index contributed by atoms with van der Waals surface area (Å²) in [7, 11) is 1.33. The number of benzene rings is 1. The van der Waals surface area contributed by atoms with Crippen LogP contribution in [0.25, 0.3) is 0 Å². The van der Waals surface area contributed by atoms with E-state index in [1.54, 1.807) is 0 Å². The van der Waals surface area contributed by atoms with E-state index in [0.717, 1.165) is 24.8 Å². The maximum atomic E-state index is 13.4. The largest absolute Gasteiger partial charge is 0.468 e. The zero-order chi connectivity index (χ0) is 22.2. The molecule has 0 saturated carbocycles. The predicted octanol–water partition coefficient (Wildman–Crippen LogP) is 3.05. The number of fused-ring (bicyclic) bond motifs is 2. The van der Waals surface area contributed by atoms with Crippen molar-refractivity contribution in [2.24, 2.45) is 17.3 Å². The molecule has 3 heterocycles. The van der Waals surface area contributed by atoms with Crippen LogP contribution in [0.5, 0.6) is 0 Å². The SMILES string of the molecule is COC(=O)[C@@]1(CC(=O)N2C[C@H](C)C[C@H](C)C2)C(=O)C[C@H]2CC[C@H]1N2Cc1ccccc1. The zero-order valence-electron chi connectivity index (χ0n) is 18.9. The van der Waals surface area contributed by atoms with Crippen LogP contribution in [0.4, 0.5) is 0 Å². The van der Waals surface area contributed by atoms with Crippen LogP contribution in [0.3, 0.4) is 0 Å². The van der Waals surface area contributed by atoms with Crippen LogP contribution in [-0.2, 0) is 25.7 Å². The summed E-state index contributed by atoms with van der Waals surface area (Å²) in [6.07, 6.45) is 2.92. The van der Waals surface area contributed by atoms with Crippen molar-refractivity contribution in [2.75, 3.05) is 20.2 Å². The Hall–Kier alpha value is -2.21. The fraction of sp³-hybridized carbons (Fsp3) is 0.640. The molecule has 168 valence electrons. The molecule has 2 bridgehead atoms. The number of amides is 1. The Bertz CT molecular complexity index is 831. The van der Waals surface area contributed by atoms with Gasteiger partial charge in [0.1, 0.15) is 0 Å². The van der Waals surface area contributed by atoms with Gasteiger partial charge in [-0.15, -0.1) is 0 Å². The van der Waals surface area contributed by atoms with E-state index in [2.05, 4.69) is 30.9 Å². The van der Waals surface area contributed by atoms with Crippen molar-refractivity contribution in [2.45, 2.75) is 64.6 Å². The molecule has 0 spiro atoms. The third kappa shape index (κ3) is 4.02. The summed E-state index contributed by atoms with van der Waals surface area (Å²) in [5.74, 6) is 0.0840. The number of hydrogen-bond donors (Lipinski definition) is 0. The van der Waals surface area contributed by atoms with E-state index >= 15 is 0 Å². The lowest BCUT2D eigenvalue weighted by molar-refractivity contribution is -0.171. The van der Waals surface area contributed by atoms with Crippen LogP contribution in [-0.4, -0.2) is 59.7 Å². The molecule has 0 radical (unpaired) electrons. The normalized spacial score (nSPS) is 33.4. The third-order valence-corrected chi connectivity index (χ3v) is 7.54. The summed E-state index contributed by atoms with van der Waals surface area (Å²) in [6, 6.07) is 9.95. The first kappa shape index (κ1) is 22.0. The molecule has 0 unspecified atom stereocenters. The molecule has 4 rings (SSSR count). The first-order valence-electron chi connectivity index (χ1n) is 11.5. The summed E-state index contributed by atoms with van der Waals surface area (Å²) < 4.78 is 5.19. The van der Waals surface area contributed by atoms with Crippen LogP contribution in [0, 0.1) is 17.3 Å². The summed E-state index contributed by atoms with van der Waals surface area (Å²) >= 11 is 0. The van der Waals surface area contributed by atoms with E-state index in [1.165, 1.54) is 7.11 Å². The van der Waals surface area contributed by atoms with Crippen LogP contribution < -0.4 is 0 Å². The Balaban J connectivity index is 1.63. The molecule has 0 aliphatic carbocycles. The molecule has 31 heavy (non-hydrogen) atoms. The molecule has 3 saturated heterocycles. The van der Waals surface area contributed by atoms with Gasteiger partial charge in [0, 0.05) is 38.1 Å². The summed E-state index contributed by atoms with van der Waals surface area (Å²) in [5, 5.41) is 0. The predicted molar refractivity (Wildman–Crippen MR) is 117 cm³/mol. The van der Waals surface area contributed by atoms with Gasteiger partial charge in [-0.2, -0.15) is 0 Å². The number of ether oxygens (including phenoxy) is 1. The quantitative estimate of drug-likeness (QED) is 0.535. The molecule has 6 nitrogen and oxygen atoms in total. The molecule has 3 aliphatic heterocycles. The van der Waals surface area contributed by atoms with Gasteiger partial charge in [-0.25, -0.2) is 0 Å². The molecule has 1 aromatic carbocycles. The minimum atomic E-state index is -1.41. The third-order valence-electron chi connectivity index (χ3n) is 7.54. The van der Waals surface area contributed by atoms with Crippen molar-refractivity contribution in [1.82, 2.24) is 9.80 Å².